The van der Waals surface area contributed by atoms with Gasteiger partial charge in [0.15, 0.2) is 0 Å². The molecule has 3 nitrogen and oxygen atoms in total. The Morgan fingerprint density at radius 3 is 2.36 bits per heavy atom. The number of pyridine rings is 1. The Labute approximate surface area is 129 Å². The van der Waals surface area contributed by atoms with Crippen molar-refractivity contribution >= 4 is 11.6 Å². The number of benzene rings is 2. The summed E-state index contributed by atoms with van der Waals surface area (Å²) in [7, 11) is 0. The fourth-order valence-corrected chi connectivity index (χ4v) is 2.28. The van der Waals surface area contributed by atoms with E-state index in [2.05, 4.69) is 10.3 Å². The Kier molecular flexibility index (Phi) is 4.25. The number of rotatable bonds is 4. The summed E-state index contributed by atoms with van der Waals surface area (Å²) in [5.74, 6) is -0.103. The molecule has 22 heavy (non-hydrogen) atoms. The van der Waals surface area contributed by atoms with Crippen molar-refractivity contribution in [2.24, 2.45) is 0 Å². The lowest BCUT2D eigenvalue weighted by Gasteiger charge is -2.11. The van der Waals surface area contributed by atoms with Crippen molar-refractivity contribution in [2.75, 3.05) is 5.32 Å². The molecule has 2 aromatic carbocycles. The number of carbonyl (C=O) groups is 1. The van der Waals surface area contributed by atoms with Gasteiger partial charge in [-0.3, -0.25) is 9.78 Å². The van der Waals surface area contributed by atoms with Crippen LogP contribution < -0.4 is 5.32 Å². The molecule has 1 amide bonds. The third-order valence-electron chi connectivity index (χ3n) is 3.40. The first-order valence-corrected chi connectivity index (χ1v) is 7.17. The molecule has 1 heterocycles. The normalized spacial score (nSPS) is 10.2. The Morgan fingerprint density at radius 1 is 0.864 bits per heavy atom. The third-order valence-corrected chi connectivity index (χ3v) is 3.40. The van der Waals surface area contributed by atoms with E-state index in [1.165, 1.54) is 0 Å². The van der Waals surface area contributed by atoms with Crippen LogP contribution in [0, 0.1) is 0 Å². The zero-order valence-corrected chi connectivity index (χ0v) is 12.1. The van der Waals surface area contributed by atoms with Gasteiger partial charge in [-0.15, -0.1) is 0 Å². The average Bonchev–Trinajstić information content (AvgIpc) is 2.58. The van der Waals surface area contributed by atoms with Gasteiger partial charge in [-0.2, -0.15) is 0 Å². The lowest BCUT2D eigenvalue weighted by molar-refractivity contribution is 0.102. The molecular weight excluding hydrogens is 272 g/mol. The van der Waals surface area contributed by atoms with Crippen molar-refractivity contribution in [1.82, 2.24) is 4.98 Å². The second-order valence-electron chi connectivity index (χ2n) is 4.98. The van der Waals surface area contributed by atoms with E-state index in [0.29, 0.717) is 12.0 Å². The van der Waals surface area contributed by atoms with Gasteiger partial charge in [0.05, 0.1) is 0 Å². The number of anilines is 1. The van der Waals surface area contributed by atoms with Gasteiger partial charge >= 0.3 is 0 Å². The fourth-order valence-electron chi connectivity index (χ4n) is 2.28. The van der Waals surface area contributed by atoms with Crippen LogP contribution >= 0.6 is 0 Å². The third kappa shape index (κ3) is 3.38. The van der Waals surface area contributed by atoms with E-state index in [1.54, 1.807) is 18.3 Å². The second kappa shape index (κ2) is 6.68. The molecule has 0 aliphatic carbocycles. The Bertz CT molecular complexity index is 755. The Hall–Kier alpha value is -2.94. The van der Waals surface area contributed by atoms with Crippen LogP contribution in [0.25, 0.3) is 0 Å². The quantitative estimate of drug-likeness (QED) is 0.790. The molecule has 0 bridgehead atoms. The lowest BCUT2D eigenvalue weighted by Crippen LogP contribution is -2.13. The van der Waals surface area contributed by atoms with Gasteiger partial charge < -0.3 is 5.32 Å². The number of nitrogens with zero attached hydrogens (tertiary/aromatic N) is 1. The molecule has 3 aromatic rings. The summed E-state index contributed by atoms with van der Waals surface area (Å²) in [6.45, 7) is 0. The Balaban J connectivity index is 1.81. The van der Waals surface area contributed by atoms with E-state index in [-0.39, 0.29) is 5.91 Å². The lowest BCUT2D eigenvalue weighted by atomic mass is 10.1. The number of hydrogen-bond donors (Lipinski definition) is 1. The van der Waals surface area contributed by atoms with Crippen LogP contribution in [0.2, 0.25) is 0 Å². The standard InChI is InChI=1S/C19H16N2O/c22-19(15-8-2-1-3-9-15)21-18-12-5-4-10-16(18)14-17-11-6-7-13-20-17/h1-13H,14H2,(H,21,22). The summed E-state index contributed by atoms with van der Waals surface area (Å²) >= 11 is 0. The van der Waals surface area contributed by atoms with Gasteiger partial charge in [-0.1, -0.05) is 42.5 Å². The highest BCUT2D eigenvalue weighted by atomic mass is 16.1. The summed E-state index contributed by atoms with van der Waals surface area (Å²) < 4.78 is 0. The second-order valence-corrected chi connectivity index (χ2v) is 4.98. The molecule has 0 atom stereocenters. The van der Waals surface area contributed by atoms with Crippen LogP contribution in [0.4, 0.5) is 5.69 Å². The molecule has 1 aromatic heterocycles. The number of para-hydroxylation sites is 1. The first-order chi connectivity index (χ1) is 10.8. The zero-order valence-electron chi connectivity index (χ0n) is 12.1. The number of nitrogens with one attached hydrogen (secondary N) is 1. The van der Waals surface area contributed by atoms with E-state index in [0.717, 1.165) is 16.9 Å². The SMILES string of the molecule is O=C(Nc1ccccc1Cc1ccccn1)c1ccccc1. The van der Waals surface area contributed by atoms with Crippen molar-refractivity contribution < 1.29 is 4.79 Å². The van der Waals surface area contributed by atoms with Crippen molar-refractivity contribution in [3.05, 3.63) is 95.8 Å². The molecule has 0 spiro atoms. The smallest absolute Gasteiger partial charge is 0.255 e. The summed E-state index contributed by atoms with van der Waals surface area (Å²) in [4.78, 5) is 16.6. The van der Waals surface area contributed by atoms with Crippen LogP contribution in [0.5, 0.6) is 0 Å². The Morgan fingerprint density at radius 2 is 1.59 bits per heavy atom. The van der Waals surface area contributed by atoms with Gasteiger partial charge in [-0.25, -0.2) is 0 Å². The van der Waals surface area contributed by atoms with Crippen LogP contribution in [0.1, 0.15) is 21.6 Å². The molecule has 0 fully saturated rings. The minimum Gasteiger partial charge on any atom is -0.322 e. The molecule has 108 valence electrons. The van der Waals surface area contributed by atoms with E-state index in [9.17, 15) is 4.79 Å². The zero-order chi connectivity index (χ0) is 15.2. The summed E-state index contributed by atoms with van der Waals surface area (Å²) in [6, 6.07) is 22.9. The molecular formula is C19H16N2O. The first kappa shape index (κ1) is 14.0. The predicted octanol–water partition coefficient (Wildman–Crippen LogP) is 3.92. The van der Waals surface area contributed by atoms with Gasteiger partial charge in [0.1, 0.15) is 0 Å². The summed E-state index contributed by atoms with van der Waals surface area (Å²) in [5.41, 5.74) is 3.49. The molecule has 0 aliphatic rings. The molecule has 0 saturated heterocycles. The highest BCUT2D eigenvalue weighted by Crippen LogP contribution is 2.19. The van der Waals surface area contributed by atoms with Crippen LogP contribution in [-0.4, -0.2) is 10.9 Å². The predicted molar refractivity (Wildman–Crippen MR) is 87.9 cm³/mol. The molecule has 3 heteroatoms. The first-order valence-electron chi connectivity index (χ1n) is 7.17. The fraction of sp³-hybridized carbons (Fsp3) is 0.0526. The molecule has 3 rings (SSSR count). The highest BCUT2D eigenvalue weighted by Gasteiger charge is 2.09. The topological polar surface area (TPSA) is 42.0 Å². The van der Waals surface area contributed by atoms with Crippen molar-refractivity contribution in [2.45, 2.75) is 6.42 Å². The van der Waals surface area contributed by atoms with Gasteiger partial charge in [-0.05, 0) is 35.9 Å². The molecule has 0 saturated carbocycles. The van der Waals surface area contributed by atoms with Crippen molar-refractivity contribution in [3.8, 4) is 0 Å². The van der Waals surface area contributed by atoms with Crippen LogP contribution in [-0.2, 0) is 6.42 Å². The summed E-state index contributed by atoms with van der Waals surface area (Å²) in [6.07, 6.45) is 2.46. The van der Waals surface area contributed by atoms with Gasteiger partial charge in [0.2, 0.25) is 0 Å². The van der Waals surface area contributed by atoms with Crippen LogP contribution in [0.15, 0.2) is 79.0 Å². The molecule has 0 unspecified atom stereocenters. The number of aromatic nitrogens is 1. The van der Waals surface area contributed by atoms with Gasteiger partial charge in [0.25, 0.3) is 5.91 Å². The van der Waals surface area contributed by atoms with E-state index < -0.39 is 0 Å². The average molecular weight is 288 g/mol. The molecule has 0 radical (unpaired) electrons. The van der Waals surface area contributed by atoms with Crippen molar-refractivity contribution in [1.29, 1.82) is 0 Å². The van der Waals surface area contributed by atoms with Crippen molar-refractivity contribution in [3.63, 3.8) is 0 Å². The number of carbonyl (C=O) groups excluding carboxylic acids is 1. The maximum atomic E-state index is 12.3. The van der Waals surface area contributed by atoms with Crippen LogP contribution in [0.3, 0.4) is 0 Å². The maximum Gasteiger partial charge on any atom is 0.255 e. The van der Waals surface area contributed by atoms with E-state index >= 15 is 0 Å². The minimum atomic E-state index is -0.103. The number of hydrogen-bond acceptors (Lipinski definition) is 2. The summed E-state index contributed by atoms with van der Waals surface area (Å²) in [5, 5.41) is 2.98. The molecule has 1 N–H and O–H groups in total. The largest absolute Gasteiger partial charge is 0.322 e. The van der Waals surface area contributed by atoms with Gasteiger partial charge in [0, 0.05) is 29.6 Å². The highest BCUT2D eigenvalue weighted by molar-refractivity contribution is 6.04. The molecule has 0 aliphatic heterocycles. The monoisotopic (exact) mass is 288 g/mol. The number of amides is 1. The minimum absolute atomic E-state index is 0.103. The maximum absolute atomic E-state index is 12.3. The van der Waals surface area contributed by atoms with E-state index in [1.807, 2.05) is 60.7 Å². The van der Waals surface area contributed by atoms with E-state index in [4.69, 9.17) is 0 Å².